The van der Waals surface area contributed by atoms with Crippen molar-refractivity contribution < 1.29 is 19.5 Å². The highest BCUT2D eigenvalue weighted by Crippen LogP contribution is 2.17. The maximum Gasteiger partial charge on any atom is 0.305 e. The van der Waals surface area contributed by atoms with E-state index in [1.165, 1.54) is 16.9 Å². The molecule has 0 saturated carbocycles. The number of aryl methyl sites for hydroxylation is 2. The standard InChI is InChI=1S/C19H20N6O4/c1-2-24-10-7-15(23-24)18(28)21-13-4-3-5-14(12-13)22-19(29)16-6-9-20-25(16)11-8-17(26)27/h3-7,9-10,12H,2,8,11H2,1H3,(H,21,28)(H,22,29)(H,26,27). The molecule has 1 aromatic carbocycles. The summed E-state index contributed by atoms with van der Waals surface area (Å²) in [6.45, 7) is 2.68. The third-order valence-electron chi connectivity index (χ3n) is 4.06. The van der Waals surface area contributed by atoms with Crippen LogP contribution < -0.4 is 10.6 Å². The van der Waals surface area contributed by atoms with Crippen LogP contribution >= 0.6 is 0 Å². The second-order valence-corrected chi connectivity index (χ2v) is 6.13. The average Bonchev–Trinajstić information content (AvgIpc) is 3.36. The summed E-state index contributed by atoms with van der Waals surface area (Å²) in [5.74, 6) is -1.76. The number of carboxylic acid groups (broad SMARTS) is 1. The molecule has 0 radical (unpaired) electrons. The molecule has 3 aromatic rings. The van der Waals surface area contributed by atoms with Crippen LogP contribution in [0.5, 0.6) is 0 Å². The van der Waals surface area contributed by atoms with E-state index in [1.54, 1.807) is 41.2 Å². The minimum absolute atomic E-state index is 0.0889. The van der Waals surface area contributed by atoms with Gasteiger partial charge in [0.2, 0.25) is 0 Å². The predicted octanol–water partition coefficient (Wildman–Crippen LogP) is 2.08. The summed E-state index contributed by atoms with van der Waals surface area (Å²) in [4.78, 5) is 35.5. The van der Waals surface area contributed by atoms with Crippen molar-refractivity contribution in [2.75, 3.05) is 10.6 Å². The first-order chi connectivity index (χ1) is 14.0. The number of nitrogens with one attached hydrogen (secondary N) is 2. The number of aliphatic carboxylic acids is 1. The second-order valence-electron chi connectivity index (χ2n) is 6.13. The van der Waals surface area contributed by atoms with Crippen LogP contribution in [0.25, 0.3) is 0 Å². The smallest absolute Gasteiger partial charge is 0.305 e. The molecule has 0 saturated heterocycles. The van der Waals surface area contributed by atoms with Gasteiger partial charge in [-0.25, -0.2) is 0 Å². The van der Waals surface area contributed by atoms with Gasteiger partial charge in [-0.1, -0.05) is 6.07 Å². The Morgan fingerprint density at radius 2 is 1.79 bits per heavy atom. The summed E-state index contributed by atoms with van der Waals surface area (Å²) in [7, 11) is 0. The molecule has 2 aromatic heterocycles. The summed E-state index contributed by atoms with van der Waals surface area (Å²) in [6, 6.07) is 9.82. The molecule has 0 aliphatic heterocycles. The molecule has 0 aliphatic carbocycles. The zero-order valence-electron chi connectivity index (χ0n) is 15.7. The summed E-state index contributed by atoms with van der Waals surface area (Å²) >= 11 is 0. The summed E-state index contributed by atoms with van der Waals surface area (Å²) in [6.07, 6.45) is 3.01. The molecule has 0 spiro atoms. The number of hydrogen-bond acceptors (Lipinski definition) is 5. The minimum atomic E-state index is -0.973. The highest BCUT2D eigenvalue weighted by atomic mass is 16.4. The number of anilines is 2. The van der Waals surface area contributed by atoms with Crippen LogP contribution in [0.15, 0.2) is 48.8 Å². The van der Waals surface area contributed by atoms with Gasteiger partial charge < -0.3 is 15.7 Å². The fourth-order valence-corrected chi connectivity index (χ4v) is 2.63. The van der Waals surface area contributed by atoms with Crippen LogP contribution in [0.4, 0.5) is 11.4 Å². The van der Waals surface area contributed by atoms with Gasteiger partial charge in [-0.2, -0.15) is 10.2 Å². The lowest BCUT2D eigenvalue weighted by Crippen LogP contribution is -2.19. The molecule has 0 aliphatic rings. The van der Waals surface area contributed by atoms with Crippen LogP contribution in [0.2, 0.25) is 0 Å². The molecule has 29 heavy (non-hydrogen) atoms. The third-order valence-corrected chi connectivity index (χ3v) is 4.06. The van der Waals surface area contributed by atoms with E-state index in [2.05, 4.69) is 20.8 Å². The molecule has 3 rings (SSSR count). The molecule has 10 heteroatoms. The van der Waals surface area contributed by atoms with Crippen molar-refractivity contribution in [1.29, 1.82) is 0 Å². The first kappa shape index (κ1) is 19.8. The highest BCUT2D eigenvalue weighted by molar-refractivity contribution is 6.05. The van der Waals surface area contributed by atoms with Gasteiger partial charge >= 0.3 is 5.97 Å². The zero-order chi connectivity index (χ0) is 20.8. The Hall–Kier alpha value is -3.95. The number of benzene rings is 1. The fourth-order valence-electron chi connectivity index (χ4n) is 2.63. The average molecular weight is 396 g/mol. The van der Waals surface area contributed by atoms with Crippen LogP contribution in [-0.4, -0.2) is 42.5 Å². The molecule has 0 atom stereocenters. The molecule has 150 valence electrons. The molecule has 2 amide bonds. The fraction of sp³-hybridized carbons (Fsp3) is 0.211. The number of carbonyl (C=O) groups excluding carboxylic acids is 2. The van der Waals surface area contributed by atoms with Gasteiger partial charge in [-0.05, 0) is 37.3 Å². The number of rotatable bonds is 8. The maximum atomic E-state index is 12.5. The van der Waals surface area contributed by atoms with Gasteiger partial charge in [-0.15, -0.1) is 0 Å². The molecule has 2 heterocycles. The molecule has 0 unspecified atom stereocenters. The number of amides is 2. The van der Waals surface area contributed by atoms with Crippen molar-refractivity contribution in [3.05, 3.63) is 60.2 Å². The number of aromatic nitrogens is 4. The number of nitrogens with zero attached hydrogens (tertiary/aromatic N) is 4. The van der Waals surface area contributed by atoms with Gasteiger partial charge in [0.15, 0.2) is 5.69 Å². The number of hydrogen-bond donors (Lipinski definition) is 3. The first-order valence-corrected chi connectivity index (χ1v) is 8.96. The van der Waals surface area contributed by atoms with E-state index in [0.717, 1.165) is 0 Å². The van der Waals surface area contributed by atoms with E-state index in [1.807, 2.05) is 6.92 Å². The molecular formula is C19H20N6O4. The highest BCUT2D eigenvalue weighted by Gasteiger charge is 2.14. The van der Waals surface area contributed by atoms with E-state index in [0.29, 0.717) is 23.6 Å². The Balaban J connectivity index is 1.67. The van der Waals surface area contributed by atoms with E-state index >= 15 is 0 Å². The number of carbonyl (C=O) groups is 3. The zero-order valence-corrected chi connectivity index (χ0v) is 15.7. The Kier molecular flexibility index (Phi) is 6.03. The molecule has 3 N–H and O–H groups in total. The number of carboxylic acids is 1. The van der Waals surface area contributed by atoms with E-state index < -0.39 is 11.9 Å². The summed E-state index contributed by atoms with van der Waals surface area (Å²) < 4.78 is 2.98. The topological polar surface area (TPSA) is 131 Å². The van der Waals surface area contributed by atoms with Crippen LogP contribution in [0.1, 0.15) is 34.3 Å². The summed E-state index contributed by atoms with van der Waals surface area (Å²) in [5, 5.41) is 22.4. The van der Waals surface area contributed by atoms with E-state index in [-0.39, 0.29) is 24.6 Å². The monoisotopic (exact) mass is 396 g/mol. The van der Waals surface area contributed by atoms with Crippen molar-refractivity contribution in [2.24, 2.45) is 0 Å². The maximum absolute atomic E-state index is 12.5. The van der Waals surface area contributed by atoms with Gasteiger partial charge in [-0.3, -0.25) is 23.7 Å². The van der Waals surface area contributed by atoms with E-state index in [9.17, 15) is 14.4 Å². The normalized spacial score (nSPS) is 10.5. The van der Waals surface area contributed by atoms with Crippen LogP contribution in [0, 0.1) is 0 Å². The minimum Gasteiger partial charge on any atom is -0.481 e. The first-order valence-electron chi connectivity index (χ1n) is 8.96. The van der Waals surface area contributed by atoms with Crippen molar-refractivity contribution in [1.82, 2.24) is 19.6 Å². The van der Waals surface area contributed by atoms with Crippen molar-refractivity contribution in [3.8, 4) is 0 Å². The van der Waals surface area contributed by atoms with Gasteiger partial charge in [0.05, 0.1) is 13.0 Å². The Morgan fingerprint density at radius 3 is 2.45 bits per heavy atom. The largest absolute Gasteiger partial charge is 0.481 e. The Morgan fingerprint density at radius 1 is 1.07 bits per heavy atom. The SMILES string of the molecule is CCn1ccc(C(=O)Nc2cccc(NC(=O)c3ccnn3CCC(=O)O)c2)n1. The molecule has 10 nitrogen and oxygen atoms in total. The van der Waals surface area contributed by atoms with Gasteiger partial charge in [0.1, 0.15) is 5.69 Å². The Bertz CT molecular complexity index is 1040. The molecule has 0 bridgehead atoms. The lowest BCUT2D eigenvalue weighted by atomic mass is 10.2. The van der Waals surface area contributed by atoms with Gasteiger partial charge in [0, 0.05) is 30.3 Å². The van der Waals surface area contributed by atoms with Crippen LogP contribution in [0.3, 0.4) is 0 Å². The van der Waals surface area contributed by atoms with Crippen molar-refractivity contribution in [3.63, 3.8) is 0 Å². The van der Waals surface area contributed by atoms with Crippen LogP contribution in [-0.2, 0) is 17.9 Å². The third kappa shape index (κ3) is 5.06. The lowest BCUT2D eigenvalue weighted by molar-refractivity contribution is -0.137. The van der Waals surface area contributed by atoms with Crippen molar-refractivity contribution >= 4 is 29.2 Å². The predicted molar refractivity (Wildman–Crippen MR) is 105 cm³/mol. The lowest BCUT2D eigenvalue weighted by Gasteiger charge is -2.09. The second kappa shape index (κ2) is 8.83. The van der Waals surface area contributed by atoms with Gasteiger partial charge in [0.25, 0.3) is 11.8 Å². The summed E-state index contributed by atoms with van der Waals surface area (Å²) in [5.41, 5.74) is 1.51. The Labute approximate surface area is 166 Å². The van der Waals surface area contributed by atoms with Crippen molar-refractivity contribution in [2.45, 2.75) is 26.4 Å². The van der Waals surface area contributed by atoms with E-state index in [4.69, 9.17) is 5.11 Å². The molecular weight excluding hydrogens is 376 g/mol. The quantitative estimate of drug-likeness (QED) is 0.534. The molecule has 0 fully saturated rings.